The number of hydrogen-bond donors (Lipinski definition) is 2. The first-order valence-electron chi connectivity index (χ1n) is 9.36. The van der Waals surface area contributed by atoms with Gasteiger partial charge in [0.2, 0.25) is 5.95 Å². The van der Waals surface area contributed by atoms with Crippen molar-refractivity contribution in [3.05, 3.63) is 60.2 Å². The van der Waals surface area contributed by atoms with Crippen LogP contribution in [0.3, 0.4) is 0 Å². The van der Waals surface area contributed by atoms with Crippen LogP contribution in [0.1, 0.15) is 18.9 Å². The number of nitrogens with zero attached hydrogens (tertiary/aromatic N) is 2. The van der Waals surface area contributed by atoms with Crippen molar-refractivity contribution >= 4 is 11.8 Å². The molecule has 3 rings (SSSR count). The van der Waals surface area contributed by atoms with E-state index in [0.29, 0.717) is 24.0 Å². The maximum Gasteiger partial charge on any atom is 0.225 e. The molecular weight excluding hydrogens is 352 g/mol. The lowest BCUT2D eigenvalue weighted by Crippen LogP contribution is -2.08. The van der Waals surface area contributed by atoms with Gasteiger partial charge in [-0.25, -0.2) is 4.98 Å². The zero-order valence-electron chi connectivity index (χ0n) is 16.5. The fourth-order valence-electron chi connectivity index (χ4n) is 2.80. The molecule has 0 saturated heterocycles. The van der Waals surface area contributed by atoms with Crippen LogP contribution in [0.4, 0.5) is 11.8 Å². The zero-order valence-corrected chi connectivity index (χ0v) is 16.5. The van der Waals surface area contributed by atoms with Crippen molar-refractivity contribution < 1.29 is 9.47 Å². The molecule has 28 heavy (non-hydrogen) atoms. The second kappa shape index (κ2) is 9.60. The Labute approximate surface area is 166 Å². The van der Waals surface area contributed by atoms with Gasteiger partial charge >= 0.3 is 0 Å². The van der Waals surface area contributed by atoms with E-state index in [1.54, 1.807) is 14.2 Å². The van der Waals surface area contributed by atoms with E-state index in [2.05, 4.69) is 27.5 Å². The van der Waals surface area contributed by atoms with Crippen LogP contribution in [-0.2, 0) is 6.54 Å². The molecule has 0 saturated carbocycles. The molecule has 0 spiro atoms. The minimum absolute atomic E-state index is 0.575. The van der Waals surface area contributed by atoms with Gasteiger partial charge in [-0.3, -0.25) is 0 Å². The molecule has 146 valence electrons. The third kappa shape index (κ3) is 4.91. The second-order valence-corrected chi connectivity index (χ2v) is 6.30. The topological polar surface area (TPSA) is 68.3 Å². The van der Waals surface area contributed by atoms with E-state index < -0.39 is 0 Å². The minimum atomic E-state index is 0.575. The van der Waals surface area contributed by atoms with Crippen molar-refractivity contribution in [2.75, 3.05) is 31.4 Å². The lowest BCUT2D eigenvalue weighted by Gasteiger charge is -2.12. The highest BCUT2D eigenvalue weighted by atomic mass is 16.5. The summed E-state index contributed by atoms with van der Waals surface area (Å²) in [5, 5.41) is 6.67. The molecule has 6 heteroatoms. The van der Waals surface area contributed by atoms with E-state index in [4.69, 9.17) is 9.47 Å². The van der Waals surface area contributed by atoms with Gasteiger partial charge in [0.25, 0.3) is 0 Å². The molecule has 0 aliphatic heterocycles. The molecule has 0 fully saturated rings. The molecule has 0 atom stereocenters. The summed E-state index contributed by atoms with van der Waals surface area (Å²) in [6.45, 7) is 3.56. The molecule has 3 aromatic rings. The third-order valence-electron chi connectivity index (χ3n) is 4.25. The monoisotopic (exact) mass is 378 g/mol. The maximum absolute atomic E-state index is 5.38. The predicted octanol–water partition coefficient (Wildman–Crippen LogP) is 4.59. The van der Waals surface area contributed by atoms with Gasteiger partial charge < -0.3 is 20.1 Å². The van der Waals surface area contributed by atoms with Gasteiger partial charge in [0, 0.05) is 24.7 Å². The van der Waals surface area contributed by atoms with Gasteiger partial charge in [0.15, 0.2) is 11.5 Å². The summed E-state index contributed by atoms with van der Waals surface area (Å²) in [5.41, 5.74) is 2.98. The Morgan fingerprint density at radius 3 is 2.36 bits per heavy atom. The van der Waals surface area contributed by atoms with Crippen molar-refractivity contribution in [3.63, 3.8) is 0 Å². The molecule has 0 bridgehead atoms. The van der Waals surface area contributed by atoms with Crippen LogP contribution in [0.25, 0.3) is 11.3 Å². The summed E-state index contributed by atoms with van der Waals surface area (Å²) < 4.78 is 10.7. The van der Waals surface area contributed by atoms with E-state index in [1.807, 2.05) is 54.6 Å². The van der Waals surface area contributed by atoms with Crippen LogP contribution < -0.4 is 20.1 Å². The van der Waals surface area contributed by atoms with Crippen LogP contribution in [-0.4, -0.2) is 30.7 Å². The van der Waals surface area contributed by atoms with Gasteiger partial charge in [0.1, 0.15) is 5.82 Å². The van der Waals surface area contributed by atoms with Crippen molar-refractivity contribution in [2.24, 2.45) is 0 Å². The highest BCUT2D eigenvalue weighted by Gasteiger charge is 2.08. The predicted molar refractivity (Wildman–Crippen MR) is 113 cm³/mol. The Morgan fingerprint density at radius 1 is 0.857 bits per heavy atom. The van der Waals surface area contributed by atoms with E-state index in [0.717, 1.165) is 35.6 Å². The molecule has 6 nitrogen and oxygen atoms in total. The van der Waals surface area contributed by atoms with E-state index >= 15 is 0 Å². The lowest BCUT2D eigenvalue weighted by molar-refractivity contribution is 0.354. The largest absolute Gasteiger partial charge is 0.493 e. The smallest absolute Gasteiger partial charge is 0.225 e. The molecule has 2 N–H and O–H groups in total. The minimum Gasteiger partial charge on any atom is -0.493 e. The van der Waals surface area contributed by atoms with Crippen LogP contribution in [0.15, 0.2) is 54.6 Å². The Morgan fingerprint density at radius 2 is 1.64 bits per heavy atom. The number of rotatable bonds is 9. The molecule has 0 amide bonds. The first kappa shape index (κ1) is 19.5. The normalized spacial score (nSPS) is 10.4. The number of aromatic nitrogens is 2. The van der Waals surface area contributed by atoms with Gasteiger partial charge in [-0.2, -0.15) is 4.98 Å². The molecule has 1 aromatic heterocycles. The lowest BCUT2D eigenvalue weighted by atomic mass is 10.1. The number of hydrogen-bond acceptors (Lipinski definition) is 6. The number of nitrogens with one attached hydrogen (secondary N) is 2. The van der Waals surface area contributed by atoms with Crippen molar-refractivity contribution in [1.29, 1.82) is 0 Å². The number of benzene rings is 2. The average molecular weight is 378 g/mol. The van der Waals surface area contributed by atoms with Crippen LogP contribution in [0.2, 0.25) is 0 Å². The third-order valence-corrected chi connectivity index (χ3v) is 4.25. The van der Waals surface area contributed by atoms with Crippen LogP contribution in [0.5, 0.6) is 11.5 Å². The molecule has 0 radical (unpaired) electrons. The average Bonchev–Trinajstić information content (AvgIpc) is 2.76. The number of ether oxygens (including phenoxy) is 2. The summed E-state index contributed by atoms with van der Waals surface area (Å²) in [5.74, 6) is 2.80. The number of anilines is 2. The summed E-state index contributed by atoms with van der Waals surface area (Å²) >= 11 is 0. The Bertz CT molecular complexity index is 900. The first-order chi connectivity index (χ1) is 13.7. The zero-order chi connectivity index (χ0) is 19.8. The molecule has 2 aromatic carbocycles. The Balaban J connectivity index is 1.82. The quantitative estimate of drug-likeness (QED) is 0.567. The van der Waals surface area contributed by atoms with E-state index in [1.165, 1.54) is 0 Å². The van der Waals surface area contributed by atoms with Gasteiger partial charge in [0.05, 0.1) is 19.9 Å². The number of methoxy groups -OCH3 is 2. The first-order valence-corrected chi connectivity index (χ1v) is 9.36. The molecule has 1 heterocycles. The van der Waals surface area contributed by atoms with Crippen molar-refractivity contribution in [2.45, 2.75) is 19.9 Å². The standard InChI is InChI=1S/C22H26N4O2/c1-4-12-23-21-14-18(17-8-6-5-7-9-17)25-22(26-21)24-15-16-10-11-19(27-2)20(13-16)28-3/h5-11,13-14H,4,12,15H2,1-3H3,(H2,23,24,25,26). The van der Waals surface area contributed by atoms with Gasteiger partial charge in [-0.15, -0.1) is 0 Å². The summed E-state index contributed by atoms with van der Waals surface area (Å²) in [4.78, 5) is 9.28. The van der Waals surface area contributed by atoms with Gasteiger partial charge in [-0.05, 0) is 24.1 Å². The molecular formula is C22H26N4O2. The highest BCUT2D eigenvalue weighted by Crippen LogP contribution is 2.28. The summed E-state index contributed by atoms with van der Waals surface area (Å²) in [6, 6.07) is 17.9. The van der Waals surface area contributed by atoms with Gasteiger partial charge in [-0.1, -0.05) is 43.3 Å². The SMILES string of the molecule is CCCNc1cc(-c2ccccc2)nc(NCc2ccc(OC)c(OC)c2)n1. The Hall–Kier alpha value is -3.28. The highest BCUT2D eigenvalue weighted by molar-refractivity contribution is 5.64. The van der Waals surface area contributed by atoms with Crippen LogP contribution in [0, 0.1) is 0 Å². The van der Waals surface area contributed by atoms with E-state index in [9.17, 15) is 0 Å². The van der Waals surface area contributed by atoms with Crippen LogP contribution >= 0.6 is 0 Å². The molecule has 0 unspecified atom stereocenters. The summed E-state index contributed by atoms with van der Waals surface area (Å²) in [6.07, 6.45) is 1.03. The molecule has 0 aliphatic rings. The summed E-state index contributed by atoms with van der Waals surface area (Å²) in [7, 11) is 3.26. The fraction of sp³-hybridized carbons (Fsp3) is 0.273. The fourth-order valence-corrected chi connectivity index (χ4v) is 2.80. The second-order valence-electron chi connectivity index (χ2n) is 6.30. The molecule has 0 aliphatic carbocycles. The maximum atomic E-state index is 5.38. The van der Waals surface area contributed by atoms with Crippen molar-refractivity contribution in [3.8, 4) is 22.8 Å². The Kier molecular flexibility index (Phi) is 6.68. The van der Waals surface area contributed by atoms with E-state index in [-0.39, 0.29) is 0 Å². The van der Waals surface area contributed by atoms with Crippen molar-refractivity contribution in [1.82, 2.24) is 9.97 Å².